The molecule has 0 bridgehead atoms. The molecule has 2 aromatic heterocycles. The molecule has 5 nitrogen and oxygen atoms in total. The largest absolute Gasteiger partial charge is 0.395 e. The summed E-state index contributed by atoms with van der Waals surface area (Å²) >= 11 is 0. The summed E-state index contributed by atoms with van der Waals surface area (Å²) in [5.41, 5.74) is 3.53. The van der Waals surface area contributed by atoms with E-state index in [4.69, 9.17) is 5.11 Å². The van der Waals surface area contributed by atoms with E-state index in [0.717, 1.165) is 41.4 Å². The second-order valence-electron chi connectivity index (χ2n) is 5.99. The lowest BCUT2D eigenvalue weighted by molar-refractivity contribution is 0.0940. The first-order valence-electron chi connectivity index (χ1n) is 8.45. The summed E-state index contributed by atoms with van der Waals surface area (Å²) in [5, 5.41) is 13.8. The second kappa shape index (κ2) is 7.01. The zero-order valence-electron chi connectivity index (χ0n) is 14.2. The normalized spacial score (nSPS) is 11.3. The van der Waals surface area contributed by atoms with E-state index in [1.807, 2.05) is 25.1 Å². The quantitative estimate of drug-likeness (QED) is 0.732. The number of aliphatic hydroxyl groups excluding tert-OH is 1. The van der Waals surface area contributed by atoms with Crippen LogP contribution in [0.2, 0.25) is 0 Å². The molecular weight excluding hydrogens is 302 g/mol. The van der Waals surface area contributed by atoms with Gasteiger partial charge in [-0.25, -0.2) is 4.98 Å². The van der Waals surface area contributed by atoms with Crippen LogP contribution in [0.5, 0.6) is 0 Å². The average Bonchev–Trinajstić information content (AvgIpc) is 2.92. The van der Waals surface area contributed by atoms with E-state index < -0.39 is 0 Å². The number of aliphatic hydroxyl groups is 1. The summed E-state index contributed by atoms with van der Waals surface area (Å²) in [7, 11) is 0. The molecule has 5 heteroatoms. The molecular formula is C19H23N3O2. The van der Waals surface area contributed by atoms with Crippen LogP contribution in [-0.4, -0.2) is 33.7 Å². The summed E-state index contributed by atoms with van der Waals surface area (Å²) < 4.78 is 2.31. The van der Waals surface area contributed by atoms with Gasteiger partial charge in [0, 0.05) is 29.4 Å². The van der Waals surface area contributed by atoms with Crippen LogP contribution in [0.3, 0.4) is 0 Å². The summed E-state index contributed by atoms with van der Waals surface area (Å²) in [6.07, 6.45) is 2.23. The zero-order valence-corrected chi connectivity index (χ0v) is 14.2. The number of aromatic nitrogens is 2. The highest BCUT2D eigenvalue weighted by atomic mass is 16.3. The molecule has 2 heterocycles. The minimum absolute atomic E-state index is 0.0801. The highest BCUT2D eigenvalue weighted by Crippen LogP contribution is 2.31. The third kappa shape index (κ3) is 2.87. The molecule has 126 valence electrons. The van der Waals surface area contributed by atoms with Gasteiger partial charge in [0.1, 0.15) is 5.69 Å². The molecule has 24 heavy (non-hydrogen) atoms. The molecule has 1 amide bonds. The van der Waals surface area contributed by atoms with Gasteiger partial charge in [-0.2, -0.15) is 0 Å². The van der Waals surface area contributed by atoms with Crippen molar-refractivity contribution in [2.45, 2.75) is 33.2 Å². The molecule has 0 unspecified atom stereocenters. The maximum atomic E-state index is 12.2. The topological polar surface area (TPSA) is 67.2 Å². The van der Waals surface area contributed by atoms with Gasteiger partial charge in [-0.15, -0.1) is 0 Å². The summed E-state index contributed by atoms with van der Waals surface area (Å²) in [6.45, 7) is 5.23. The van der Waals surface area contributed by atoms with Gasteiger partial charge in [0.2, 0.25) is 0 Å². The number of hydrogen-bond donors (Lipinski definition) is 2. The minimum Gasteiger partial charge on any atom is -0.395 e. The average molecular weight is 325 g/mol. The monoisotopic (exact) mass is 325 g/mol. The predicted octanol–water partition coefficient (Wildman–Crippen LogP) is 3.02. The Bertz CT molecular complexity index is 883. The summed E-state index contributed by atoms with van der Waals surface area (Å²) in [4.78, 5) is 16.7. The third-order valence-electron chi connectivity index (χ3n) is 4.29. The molecule has 1 aromatic carbocycles. The fourth-order valence-corrected chi connectivity index (χ4v) is 3.19. The molecule has 2 N–H and O–H groups in total. The van der Waals surface area contributed by atoms with Crippen molar-refractivity contribution in [2.75, 3.05) is 13.2 Å². The molecule has 0 saturated heterocycles. The van der Waals surface area contributed by atoms with E-state index in [2.05, 4.69) is 33.9 Å². The van der Waals surface area contributed by atoms with Crippen LogP contribution >= 0.6 is 0 Å². The van der Waals surface area contributed by atoms with Gasteiger partial charge >= 0.3 is 0 Å². The fraction of sp³-hybridized carbons (Fsp3) is 0.368. The Morgan fingerprint density at radius 2 is 2.08 bits per heavy atom. The van der Waals surface area contributed by atoms with E-state index in [1.165, 1.54) is 5.52 Å². The number of fused-ring (bicyclic) bond motifs is 3. The van der Waals surface area contributed by atoms with Crippen molar-refractivity contribution >= 4 is 27.7 Å². The van der Waals surface area contributed by atoms with Crippen LogP contribution < -0.4 is 5.32 Å². The van der Waals surface area contributed by atoms with Gasteiger partial charge in [0.25, 0.3) is 5.91 Å². The second-order valence-corrected chi connectivity index (χ2v) is 5.99. The number of para-hydroxylation sites is 1. The molecule has 0 atom stereocenters. The van der Waals surface area contributed by atoms with Gasteiger partial charge < -0.3 is 15.0 Å². The lowest BCUT2D eigenvalue weighted by Gasteiger charge is -2.09. The summed E-state index contributed by atoms with van der Waals surface area (Å²) in [6, 6.07) is 10.1. The predicted molar refractivity (Wildman–Crippen MR) is 96.3 cm³/mol. The van der Waals surface area contributed by atoms with E-state index in [-0.39, 0.29) is 19.1 Å². The maximum absolute atomic E-state index is 12.2. The van der Waals surface area contributed by atoms with Crippen LogP contribution in [-0.2, 0) is 6.54 Å². The number of nitrogens with zero attached hydrogens (tertiary/aromatic N) is 2. The van der Waals surface area contributed by atoms with Gasteiger partial charge in [-0.05, 0) is 25.5 Å². The number of amides is 1. The molecule has 0 aliphatic heterocycles. The van der Waals surface area contributed by atoms with Crippen molar-refractivity contribution in [3.8, 4) is 0 Å². The highest BCUT2D eigenvalue weighted by Gasteiger charge is 2.16. The Labute approximate surface area is 141 Å². The maximum Gasteiger partial charge on any atom is 0.269 e. The molecule has 3 aromatic rings. The van der Waals surface area contributed by atoms with E-state index in [0.29, 0.717) is 5.69 Å². The Balaban J connectivity index is 2.20. The number of unbranched alkanes of at least 4 members (excludes halogenated alkanes) is 1. The van der Waals surface area contributed by atoms with E-state index in [9.17, 15) is 4.79 Å². The Kier molecular flexibility index (Phi) is 4.81. The number of carbonyl (C=O) groups excluding carboxylic acids is 1. The lowest BCUT2D eigenvalue weighted by atomic mass is 10.1. The lowest BCUT2D eigenvalue weighted by Crippen LogP contribution is -2.27. The fourth-order valence-electron chi connectivity index (χ4n) is 3.19. The minimum atomic E-state index is -0.251. The van der Waals surface area contributed by atoms with Gasteiger partial charge in [0.05, 0.1) is 17.8 Å². The first-order chi connectivity index (χ1) is 11.7. The van der Waals surface area contributed by atoms with Gasteiger partial charge in [-0.3, -0.25) is 4.79 Å². The van der Waals surface area contributed by atoms with Crippen LogP contribution in [0.1, 0.15) is 35.9 Å². The molecule has 3 rings (SSSR count). The molecule has 0 saturated carbocycles. The SMILES string of the molecule is CCCCn1c2ccccc2c2cc(C(=O)NCCO)nc(C)c21. The Morgan fingerprint density at radius 3 is 2.83 bits per heavy atom. The van der Waals surface area contributed by atoms with E-state index in [1.54, 1.807) is 0 Å². The van der Waals surface area contributed by atoms with Crippen LogP contribution in [0.25, 0.3) is 21.8 Å². The van der Waals surface area contributed by atoms with Crippen LogP contribution in [0, 0.1) is 6.92 Å². The van der Waals surface area contributed by atoms with E-state index >= 15 is 0 Å². The molecule has 0 aliphatic carbocycles. The zero-order chi connectivity index (χ0) is 17.1. The standard InChI is InChI=1S/C19H23N3O2/c1-3-4-10-22-17-8-6-5-7-14(17)15-12-16(19(24)20-9-11-23)21-13(2)18(15)22/h5-8,12,23H,3-4,9-11H2,1-2H3,(H,20,24). The molecule has 0 radical (unpaired) electrons. The van der Waals surface area contributed by atoms with Crippen molar-refractivity contribution in [3.63, 3.8) is 0 Å². The van der Waals surface area contributed by atoms with Crippen molar-refractivity contribution in [1.82, 2.24) is 14.9 Å². The smallest absolute Gasteiger partial charge is 0.269 e. The van der Waals surface area contributed by atoms with Crippen molar-refractivity contribution in [3.05, 3.63) is 41.7 Å². The molecule has 0 spiro atoms. The number of nitrogens with one attached hydrogen (secondary N) is 1. The number of carbonyl (C=O) groups is 1. The number of hydrogen-bond acceptors (Lipinski definition) is 3. The number of benzene rings is 1. The third-order valence-corrected chi connectivity index (χ3v) is 4.29. The highest BCUT2D eigenvalue weighted by molar-refractivity contribution is 6.10. The Hall–Kier alpha value is -2.40. The first-order valence-corrected chi connectivity index (χ1v) is 8.45. The van der Waals surface area contributed by atoms with Crippen molar-refractivity contribution < 1.29 is 9.90 Å². The molecule has 0 fully saturated rings. The van der Waals surface area contributed by atoms with Crippen molar-refractivity contribution in [1.29, 1.82) is 0 Å². The first kappa shape index (κ1) is 16.5. The summed E-state index contributed by atoms with van der Waals surface area (Å²) in [5.74, 6) is -0.251. The molecule has 0 aliphatic rings. The van der Waals surface area contributed by atoms with Crippen LogP contribution in [0.4, 0.5) is 0 Å². The van der Waals surface area contributed by atoms with Gasteiger partial charge in [0.15, 0.2) is 0 Å². The van der Waals surface area contributed by atoms with Gasteiger partial charge in [-0.1, -0.05) is 31.5 Å². The van der Waals surface area contributed by atoms with Crippen molar-refractivity contribution in [2.24, 2.45) is 0 Å². The van der Waals surface area contributed by atoms with Crippen LogP contribution in [0.15, 0.2) is 30.3 Å². The Morgan fingerprint density at radius 1 is 1.29 bits per heavy atom. The number of aryl methyl sites for hydroxylation is 2. The number of rotatable bonds is 6. The number of pyridine rings is 1.